The summed E-state index contributed by atoms with van der Waals surface area (Å²) >= 11 is 0. The molecular weight excluding hydrogens is 398 g/mol. The van der Waals surface area contributed by atoms with Gasteiger partial charge in [0.25, 0.3) is 0 Å². The van der Waals surface area contributed by atoms with E-state index in [1.165, 1.54) is 13.8 Å². The molecule has 0 fully saturated rings. The molecule has 174 valence electrons. The van der Waals surface area contributed by atoms with Gasteiger partial charge in [-0.3, -0.25) is 19.2 Å². The standard InChI is InChI=1S/C19H35N3O8/c1-12(25)9-17(27)21-15(11-24)5-4-7-20-19(29)16(6-8-23)22-18(28)10-13(2)30-14(3)26/h12-13,15-16,23-25H,4-11H2,1-3H3,(H,20,29)(H,21,27)(H,22,28)/t12-,13-,15-,16-/m1/s1. The second kappa shape index (κ2) is 15.6. The Morgan fingerprint density at radius 3 is 2.13 bits per heavy atom. The number of nitrogens with one attached hydrogen (secondary N) is 3. The topological polar surface area (TPSA) is 174 Å². The normalized spacial score (nSPS) is 14.7. The lowest BCUT2D eigenvalue weighted by Crippen LogP contribution is -2.48. The molecule has 30 heavy (non-hydrogen) atoms. The van der Waals surface area contributed by atoms with E-state index < -0.39 is 42.1 Å². The van der Waals surface area contributed by atoms with Crippen molar-refractivity contribution in [3.05, 3.63) is 0 Å². The van der Waals surface area contributed by atoms with Gasteiger partial charge in [0.2, 0.25) is 17.7 Å². The highest BCUT2D eigenvalue weighted by Gasteiger charge is 2.22. The van der Waals surface area contributed by atoms with E-state index >= 15 is 0 Å². The smallest absolute Gasteiger partial charge is 0.302 e. The number of hydrogen-bond acceptors (Lipinski definition) is 8. The van der Waals surface area contributed by atoms with Crippen LogP contribution in [-0.2, 0) is 23.9 Å². The minimum Gasteiger partial charge on any atom is -0.462 e. The molecule has 0 unspecified atom stereocenters. The number of hydrogen-bond donors (Lipinski definition) is 6. The fraction of sp³-hybridized carbons (Fsp3) is 0.789. The van der Waals surface area contributed by atoms with Crippen LogP contribution < -0.4 is 16.0 Å². The summed E-state index contributed by atoms with van der Waals surface area (Å²) in [5, 5.41) is 35.4. The highest BCUT2D eigenvalue weighted by molar-refractivity contribution is 5.87. The van der Waals surface area contributed by atoms with Gasteiger partial charge in [0.1, 0.15) is 12.1 Å². The number of ether oxygens (including phenoxy) is 1. The Balaban J connectivity index is 4.39. The van der Waals surface area contributed by atoms with Crippen LogP contribution in [0.1, 0.15) is 52.9 Å². The van der Waals surface area contributed by atoms with Crippen molar-refractivity contribution < 1.29 is 39.2 Å². The zero-order valence-corrected chi connectivity index (χ0v) is 17.8. The van der Waals surface area contributed by atoms with Gasteiger partial charge in [-0.2, -0.15) is 0 Å². The quantitative estimate of drug-likeness (QED) is 0.131. The van der Waals surface area contributed by atoms with Crippen molar-refractivity contribution in [1.29, 1.82) is 0 Å². The van der Waals surface area contributed by atoms with E-state index in [1.54, 1.807) is 6.92 Å². The molecule has 11 heteroatoms. The van der Waals surface area contributed by atoms with Gasteiger partial charge in [0, 0.05) is 20.1 Å². The lowest BCUT2D eigenvalue weighted by Gasteiger charge is -2.20. The number of aliphatic hydroxyl groups is 3. The van der Waals surface area contributed by atoms with E-state index in [2.05, 4.69) is 16.0 Å². The minimum absolute atomic E-state index is 0.0220. The van der Waals surface area contributed by atoms with Gasteiger partial charge < -0.3 is 36.0 Å². The maximum Gasteiger partial charge on any atom is 0.302 e. The van der Waals surface area contributed by atoms with Crippen LogP contribution in [0, 0.1) is 0 Å². The molecule has 11 nitrogen and oxygen atoms in total. The van der Waals surface area contributed by atoms with Gasteiger partial charge in [-0.1, -0.05) is 0 Å². The molecule has 0 spiro atoms. The number of carbonyl (C=O) groups is 4. The van der Waals surface area contributed by atoms with Crippen LogP contribution in [0.3, 0.4) is 0 Å². The van der Waals surface area contributed by atoms with Crippen molar-refractivity contribution in [1.82, 2.24) is 16.0 Å². The summed E-state index contributed by atoms with van der Waals surface area (Å²) in [5.41, 5.74) is 0. The average Bonchev–Trinajstić information content (AvgIpc) is 2.62. The van der Waals surface area contributed by atoms with Crippen LogP contribution in [0.5, 0.6) is 0 Å². The van der Waals surface area contributed by atoms with Crippen molar-refractivity contribution in [2.45, 2.75) is 77.2 Å². The first kappa shape index (κ1) is 27.8. The fourth-order valence-corrected chi connectivity index (χ4v) is 2.68. The molecule has 0 aliphatic rings. The molecule has 0 bridgehead atoms. The van der Waals surface area contributed by atoms with Crippen molar-refractivity contribution in [2.24, 2.45) is 0 Å². The third kappa shape index (κ3) is 13.9. The Morgan fingerprint density at radius 2 is 1.60 bits per heavy atom. The van der Waals surface area contributed by atoms with Gasteiger partial charge in [0.15, 0.2) is 0 Å². The van der Waals surface area contributed by atoms with Gasteiger partial charge >= 0.3 is 5.97 Å². The molecule has 0 aromatic carbocycles. The number of aliphatic hydroxyl groups excluding tert-OH is 3. The van der Waals surface area contributed by atoms with Crippen LogP contribution in [-0.4, -0.2) is 83.1 Å². The van der Waals surface area contributed by atoms with Gasteiger partial charge in [-0.15, -0.1) is 0 Å². The maximum atomic E-state index is 12.3. The van der Waals surface area contributed by atoms with Gasteiger partial charge in [0.05, 0.1) is 31.6 Å². The number of amides is 3. The van der Waals surface area contributed by atoms with Crippen LogP contribution in [0.2, 0.25) is 0 Å². The molecule has 0 rings (SSSR count). The van der Waals surface area contributed by atoms with Crippen LogP contribution in [0.15, 0.2) is 0 Å². The molecule has 0 saturated heterocycles. The van der Waals surface area contributed by atoms with Gasteiger partial charge in [-0.25, -0.2) is 0 Å². The summed E-state index contributed by atoms with van der Waals surface area (Å²) in [6.07, 6.45) is -0.716. The van der Waals surface area contributed by atoms with E-state index in [-0.39, 0.29) is 44.9 Å². The molecule has 0 aliphatic heterocycles. The molecule has 0 aromatic rings. The minimum atomic E-state index is -0.939. The first-order valence-corrected chi connectivity index (χ1v) is 10.0. The SMILES string of the molecule is CC(=O)O[C@H](C)CC(=O)N[C@H](CCO)C(=O)NCCC[C@H](CO)NC(=O)C[C@@H](C)O. The van der Waals surface area contributed by atoms with E-state index in [1.807, 2.05) is 0 Å². The Kier molecular flexibility index (Phi) is 14.4. The highest BCUT2D eigenvalue weighted by atomic mass is 16.5. The zero-order chi connectivity index (χ0) is 23.1. The maximum absolute atomic E-state index is 12.3. The van der Waals surface area contributed by atoms with Crippen LogP contribution in [0.4, 0.5) is 0 Å². The Labute approximate surface area is 176 Å². The third-order valence-corrected chi connectivity index (χ3v) is 4.00. The third-order valence-electron chi connectivity index (χ3n) is 4.00. The van der Waals surface area contributed by atoms with E-state index in [4.69, 9.17) is 9.84 Å². The second-order valence-corrected chi connectivity index (χ2v) is 7.19. The fourth-order valence-electron chi connectivity index (χ4n) is 2.68. The highest BCUT2D eigenvalue weighted by Crippen LogP contribution is 2.02. The molecule has 0 heterocycles. The van der Waals surface area contributed by atoms with Crippen LogP contribution in [0.25, 0.3) is 0 Å². The summed E-state index contributed by atoms with van der Waals surface area (Å²) < 4.78 is 4.87. The van der Waals surface area contributed by atoms with E-state index in [9.17, 15) is 29.4 Å². The largest absolute Gasteiger partial charge is 0.462 e. The second-order valence-electron chi connectivity index (χ2n) is 7.19. The zero-order valence-electron chi connectivity index (χ0n) is 17.8. The summed E-state index contributed by atoms with van der Waals surface area (Å²) in [6, 6.07) is -1.43. The monoisotopic (exact) mass is 433 g/mol. The molecule has 4 atom stereocenters. The summed E-state index contributed by atoms with van der Waals surface area (Å²) in [5.74, 6) is -1.85. The van der Waals surface area contributed by atoms with Crippen LogP contribution >= 0.6 is 0 Å². The molecule has 0 aliphatic carbocycles. The molecule has 0 saturated carbocycles. The first-order chi connectivity index (χ1) is 14.1. The molecule has 3 amide bonds. The van der Waals surface area contributed by atoms with Crippen molar-refractivity contribution in [3.63, 3.8) is 0 Å². The predicted octanol–water partition coefficient (Wildman–Crippen LogP) is -1.66. The van der Waals surface area contributed by atoms with Crippen molar-refractivity contribution >= 4 is 23.7 Å². The van der Waals surface area contributed by atoms with E-state index in [0.717, 1.165) is 0 Å². The lowest BCUT2D eigenvalue weighted by atomic mass is 10.1. The number of carbonyl (C=O) groups excluding carboxylic acids is 4. The Hall–Kier alpha value is -2.24. The summed E-state index contributed by atoms with van der Waals surface area (Å²) in [6.45, 7) is 3.93. The van der Waals surface area contributed by atoms with Crippen molar-refractivity contribution in [2.75, 3.05) is 19.8 Å². The summed E-state index contributed by atoms with van der Waals surface area (Å²) in [7, 11) is 0. The Morgan fingerprint density at radius 1 is 0.967 bits per heavy atom. The molecular formula is C19H35N3O8. The molecule has 6 N–H and O–H groups in total. The van der Waals surface area contributed by atoms with Crippen molar-refractivity contribution in [3.8, 4) is 0 Å². The first-order valence-electron chi connectivity index (χ1n) is 10.0. The van der Waals surface area contributed by atoms with E-state index in [0.29, 0.717) is 12.8 Å². The predicted molar refractivity (Wildman–Crippen MR) is 107 cm³/mol. The summed E-state index contributed by atoms with van der Waals surface area (Å²) in [4.78, 5) is 46.8. The number of rotatable bonds is 15. The lowest BCUT2D eigenvalue weighted by molar-refractivity contribution is -0.147. The molecule has 0 radical (unpaired) electrons. The average molecular weight is 434 g/mol. The number of esters is 1. The Bertz CT molecular complexity index is 556. The molecule has 0 aromatic heterocycles. The van der Waals surface area contributed by atoms with Gasteiger partial charge in [-0.05, 0) is 33.1 Å².